The van der Waals surface area contributed by atoms with Crippen LogP contribution in [0.4, 0.5) is 0 Å². The third kappa shape index (κ3) is 5.21. The molecule has 0 heterocycles. The van der Waals surface area contributed by atoms with Crippen molar-refractivity contribution in [3.8, 4) is 5.75 Å². The van der Waals surface area contributed by atoms with Crippen LogP contribution in [0.2, 0.25) is 0 Å². The fourth-order valence-corrected chi connectivity index (χ4v) is 2.94. The van der Waals surface area contributed by atoms with Crippen molar-refractivity contribution in [2.24, 2.45) is 5.92 Å². The molecule has 118 valence electrons. The quantitative estimate of drug-likeness (QED) is 0.812. The minimum absolute atomic E-state index is 0.0800. The number of carbonyl (C=O) groups is 1. The van der Waals surface area contributed by atoms with E-state index in [1.165, 1.54) is 19.2 Å². The summed E-state index contributed by atoms with van der Waals surface area (Å²) in [6, 6.07) is 4.32. The standard InChI is InChI=1S/C14H20ClNO4S/c1-9(2)7-14(17)16-10(3)11-5-6-12(20-4)13(8-11)21(15,18)19/h5-6,8-10H,7H2,1-4H3,(H,16,17). The summed E-state index contributed by atoms with van der Waals surface area (Å²) in [5.41, 5.74) is 0.645. The zero-order valence-corrected chi connectivity index (χ0v) is 14.1. The number of halogens is 1. The van der Waals surface area contributed by atoms with Gasteiger partial charge in [0.25, 0.3) is 9.05 Å². The molecule has 21 heavy (non-hydrogen) atoms. The first-order valence-electron chi connectivity index (χ1n) is 6.57. The summed E-state index contributed by atoms with van der Waals surface area (Å²) >= 11 is 0. The van der Waals surface area contributed by atoms with Crippen LogP contribution in [0.5, 0.6) is 5.75 Å². The second-order valence-electron chi connectivity index (χ2n) is 5.24. The molecular weight excluding hydrogens is 314 g/mol. The molecule has 1 rings (SSSR count). The Labute approximate surface area is 130 Å². The van der Waals surface area contributed by atoms with Crippen molar-refractivity contribution in [3.05, 3.63) is 23.8 Å². The highest BCUT2D eigenvalue weighted by Crippen LogP contribution is 2.29. The molecule has 0 aliphatic rings. The van der Waals surface area contributed by atoms with E-state index in [2.05, 4.69) is 5.32 Å². The lowest BCUT2D eigenvalue weighted by Gasteiger charge is -2.17. The molecule has 0 aliphatic carbocycles. The zero-order chi connectivity index (χ0) is 16.2. The number of rotatable bonds is 6. The van der Waals surface area contributed by atoms with Crippen LogP contribution >= 0.6 is 10.7 Å². The van der Waals surface area contributed by atoms with Gasteiger partial charge in [0.1, 0.15) is 10.6 Å². The maximum Gasteiger partial charge on any atom is 0.264 e. The van der Waals surface area contributed by atoms with E-state index >= 15 is 0 Å². The molecule has 1 aromatic carbocycles. The van der Waals surface area contributed by atoms with Gasteiger partial charge in [-0.1, -0.05) is 19.9 Å². The highest BCUT2D eigenvalue weighted by Gasteiger charge is 2.19. The number of benzene rings is 1. The van der Waals surface area contributed by atoms with Crippen LogP contribution in [0.25, 0.3) is 0 Å². The van der Waals surface area contributed by atoms with Gasteiger partial charge >= 0.3 is 0 Å². The first-order valence-corrected chi connectivity index (χ1v) is 8.88. The average Bonchev–Trinajstić information content (AvgIpc) is 2.35. The third-order valence-electron chi connectivity index (χ3n) is 2.92. The Morgan fingerprint density at radius 2 is 1.95 bits per heavy atom. The predicted molar refractivity (Wildman–Crippen MR) is 82.0 cm³/mol. The van der Waals surface area contributed by atoms with Gasteiger partial charge < -0.3 is 10.1 Å². The molecule has 1 aromatic rings. The SMILES string of the molecule is COc1ccc(C(C)NC(=O)CC(C)C)cc1S(=O)(=O)Cl. The lowest BCUT2D eigenvalue weighted by molar-refractivity contribution is -0.122. The second-order valence-corrected chi connectivity index (χ2v) is 7.77. The number of hydrogen-bond donors (Lipinski definition) is 1. The zero-order valence-electron chi connectivity index (χ0n) is 12.5. The predicted octanol–water partition coefficient (Wildman–Crippen LogP) is 2.85. The fraction of sp³-hybridized carbons (Fsp3) is 0.500. The van der Waals surface area contributed by atoms with Crippen LogP contribution in [0.15, 0.2) is 23.1 Å². The van der Waals surface area contributed by atoms with Gasteiger partial charge in [0.05, 0.1) is 13.2 Å². The van der Waals surface area contributed by atoms with Gasteiger partial charge in [-0.15, -0.1) is 0 Å². The molecule has 1 atom stereocenters. The van der Waals surface area contributed by atoms with Crippen molar-refractivity contribution in [2.75, 3.05) is 7.11 Å². The van der Waals surface area contributed by atoms with E-state index < -0.39 is 9.05 Å². The fourth-order valence-electron chi connectivity index (χ4n) is 1.91. The Bertz CT molecular complexity index is 613. The first-order chi connectivity index (χ1) is 9.65. The van der Waals surface area contributed by atoms with E-state index in [9.17, 15) is 13.2 Å². The van der Waals surface area contributed by atoms with E-state index in [0.717, 1.165) is 0 Å². The Hall–Kier alpha value is -1.27. The third-order valence-corrected chi connectivity index (χ3v) is 4.26. The molecule has 0 bridgehead atoms. The van der Waals surface area contributed by atoms with Gasteiger partial charge in [0, 0.05) is 17.1 Å². The summed E-state index contributed by atoms with van der Waals surface area (Å²) in [6.07, 6.45) is 0.418. The Balaban J connectivity index is 3.01. The Kier molecular flexibility index (Phi) is 6.04. The molecule has 1 N–H and O–H groups in total. The summed E-state index contributed by atoms with van der Waals surface area (Å²) in [7, 11) is 2.85. The molecule has 0 aromatic heterocycles. The van der Waals surface area contributed by atoms with E-state index in [1.807, 2.05) is 13.8 Å². The first kappa shape index (κ1) is 17.8. The largest absolute Gasteiger partial charge is 0.495 e. The molecule has 0 saturated heterocycles. The molecule has 0 aliphatic heterocycles. The molecule has 0 fully saturated rings. The van der Waals surface area contributed by atoms with Crippen LogP contribution in [0.1, 0.15) is 38.8 Å². The topological polar surface area (TPSA) is 72.5 Å². The van der Waals surface area contributed by atoms with Crippen molar-refractivity contribution in [2.45, 2.75) is 38.1 Å². The number of ether oxygens (including phenoxy) is 1. The van der Waals surface area contributed by atoms with E-state index in [0.29, 0.717) is 12.0 Å². The normalized spacial score (nSPS) is 13.0. The van der Waals surface area contributed by atoms with Crippen molar-refractivity contribution < 1.29 is 17.9 Å². The lowest BCUT2D eigenvalue weighted by Crippen LogP contribution is -2.27. The summed E-state index contributed by atoms with van der Waals surface area (Å²) in [4.78, 5) is 11.7. The van der Waals surface area contributed by atoms with E-state index in [1.54, 1.807) is 13.0 Å². The second kappa shape index (κ2) is 7.13. The van der Waals surface area contributed by atoms with Gasteiger partial charge in [0.2, 0.25) is 5.91 Å². The minimum atomic E-state index is -3.91. The van der Waals surface area contributed by atoms with Crippen molar-refractivity contribution in [1.82, 2.24) is 5.32 Å². The summed E-state index contributed by atoms with van der Waals surface area (Å²) < 4.78 is 28.1. The molecule has 1 unspecified atom stereocenters. The van der Waals surface area contributed by atoms with Gasteiger partial charge in [0.15, 0.2) is 0 Å². The highest BCUT2D eigenvalue weighted by molar-refractivity contribution is 8.13. The highest BCUT2D eigenvalue weighted by atomic mass is 35.7. The van der Waals surface area contributed by atoms with Crippen LogP contribution in [0.3, 0.4) is 0 Å². The van der Waals surface area contributed by atoms with Crippen molar-refractivity contribution >= 4 is 25.6 Å². The molecule has 5 nitrogen and oxygen atoms in total. The molecular formula is C14H20ClNO4S. The number of carbonyl (C=O) groups excluding carboxylic acids is 1. The van der Waals surface area contributed by atoms with Crippen molar-refractivity contribution in [1.29, 1.82) is 0 Å². The number of nitrogens with one attached hydrogen (secondary N) is 1. The van der Waals surface area contributed by atoms with E-state index in [-0.39, 0.29) is 28.5 Å². The Morgan fingerprint density at radius 3 is 2.43 bits per heavy atom. The van der Waals surface area contributed by atoms with Gasteiger partial charge in [-0.25, -0.2) is 8.42 Å². The van der Waals surface area contributed by atoms with Crippen molar-refractivity contribution in [3.63, 3.8) is 0 Å². The summed E-state index contributed by atoms with van der Waals surface area (Å²) in [6.45, 7) is 5.69. The van der Waals surface area contributed by atoms with E-state index in [4.69, 9.17) is 15.4 Å². The lowest BCUT2D eigenvalue weighted by atomic mass is 10.1. The molecule has 7 heteroatoms. The number of hydrogen-bond acceptors (Lipinski definition) is 4. The van der Waals surface area contributed by atoms with Crippen LogP contribution in [-0.2, 0) is 13.8 Å². The minimum Gasteiger partial charge on any atom is -0.495 e. The maximum atomic E-state index is 11.8. The molecule has 0 radical (unpaired) electrons. The van der Waals surface area contributed by atoms with Gasteiger partial charge in [-0.3, -0.25) is 4.79 Å². The van der Waals surface area contributed by atoms with Gasteiger partial charge in [-0.05, 0) is 30.5 Å². The smallest absolute Gasteiger partial charge is 0.264 e. The number of methoxy groups -OCH3 is 1. The van der Waals surface area contributed by atoms with Crippen LogP contribution in [0, 0.1) is 5.92 Å². The average molecular weight is 334 g/mol. The summed E-state index contributed by atoms with van der Waals surface area (Å²) in [5.74, 6) is 0.352. The monoisotopic (exact) mass is 333 g/mol. The molecule has 1 amide bonds. The Morgan fingerprint density at radius 1 is 1.33 bits per heavy atom. The van der Waals surface area contributed by atoms with Gasteiger partial charge in [-0.2, -0.15) is 0 Å². The van der Waals surface area contributed by atoms with Crippen LogP contribution in [-0.4, -0.2) is 21.4 Å². The van der Waals surface area contributed by atoms with Crippen LogP contribution < -0.4 is 10.1 Å². The molecule has 0 saturated carbocycles. The maximum absolute atomic E-state index is 11.8. The summed E-state index contributed by atoms with van der Waals surface area (Å²) in [5, 5.41) is 2.83. The number of amides is 1. The molecule has 0 spiro atoms.